The first-order valence-electron chi connectivity index (χ1n) is 12.8. The Balaban J connectivity index is 1.23. The molecule has 4 aliphatic rings. The standard InChI is InChI=1S/C26H30F3N5O3/c27-26(28,29)25(7-8-25)32-18-3-6-22(37-16-18)24(35)34-15-17-2-1-9-30-23(17)31-20-5-4-19(14-21(20)34)33-10-12-36-13-11-33/h1-2,4-5,9,14,18,22,32H,3,6-8,10-13,15-16H2,(H,30,31)/t18-,22+/m0/s1. The molecule has 2 aromatic rings. The number of pyridine rings is 1. The summed E-state index contributed by atoms with van der Waals surface area (Å²) in [7, 11) is 0. The normalized spacial score (nSPS) is 24.9. The molecule has 2 N–H and O–H groups in total. The predicted octanol–water partition coefficient (Wildman–Crippen LogP) is 3.74. The highest BCUT2D eigenvalue weighted by Crippen LogP contribution is 2.49. The van der Waals surface area contributed by atoms with Gasteiger partial charge in [-0.15, -0.1) is 0 Å². The third-order valence-electron chi connectivity index (χ3n) is 7.71. The SMILES string of the molecule is O=C([C@H]1CC[C@H](NC2(C(F)(F)F)CC2)CO1)N1Cc2cccnc2Nc2ccc(N3CCOCC3)cc21. The minimum absolute atomic E-state index is 0.0686. The van der Waals surface area contributed by atoms with Crippen molar-refractivity contribution >= 4 is 28.8 Å². The fourth-order valence-corrected chi connectivity index (χ4v) is 5.39. The molecule has 11 heteroatoms. The van der Waals surface area contributed by atoms with Crippen molar-refractivity contribution in [3.63, 3.8) is 0 Å². The first-order valence-corrected chi connectivity index (χ1v) is 12.8. The van der Waals surface area contributed by atoms with Crippen molar-refractivity contribution in [2.24, 2.45) is 0 Å². The Kier molecular flexibility index (Phi) is 6.24. The maximum absolute atomic E-state index is 13.8. The van der Waals surface area contributed by atoms with E-state index in [0.29, 0.717) is 38.4 Å². The lowest BCUT2D eigenvalue weighted by Gasteiger charge is -2.35. The Bertz CT molecular complexity index is 1160. The van der Waals surface area contributed by atoms with Crippen molar-refractivity contribution in [3.05, 3.63) is 42.1 Å². The monoisotopic (exact) mass is 517 g/mol. The molecule has 1 aromatic heterocycles. The maximum Gasteiger partial charge on any atom is 0.406 e. The second-order valence-corrected chi connectivity index (χ2v) is 10.2. The zero-order valence-corrected chi connectivity index (χ0v) is 20.4. The van der Waals surface area contributed by atoms with E-state index in [0.717, 1.165) is 35.7 Å². The molecule has 198 valence electrons. The number of fused-ring (bicyclic) bond motifs is 2. The Labute approximate surface area is 213 Å². The number of anilines is 4. The van der Waals surface area contributed by atoms with Crippen molar-refractivity contribution in [1.29, 1.82) is 0 Å². The molecule has 6 rings (SSSR count). The van der Waals surface area contributed by atoms with Crippen molar-refractivity contribution in [1.82, 2.24) is 10.3 Å². The molecule has 0 radical (unpaired) electrons. The first kappa shape index (κ1) is 24.4. The Hall–Kier alpha value is -2.89. The van der Waals surface area contributed by atoms with Gasteiger partial charge < -0.3 is 24.6 Å². The molecule has 37 heavy (non-hydrogen) atoms. The van der Waals surface area contributed by atoms with Gasteiger partial charge in [0.15, 0.2) is 0 Å². The molecule has 3 aliphatic heterocycles. The number of morpholine rings is 1. The van der Waals surface area contributed by atoms with Crippen LogP contribution in [0.15, 0.2) is 36.5 Å². The molecule has 0 spiro atoms. The van der Waals surface area contributed by atoms with Crippen LogP contribution in [0.5, 0.6) is 0 Å². The number of alkyl halides is 3. The van der Waals surface area contributed by atoms with Crippen LogP contribution in [0.4, 0.5) is 36.1 Å². The Morgan fingerprint density at radius 2 is 1.97 bits per heavy atom. The molecule has 8 nitrogen and oxygen atoms in total. The van der Waals surface area contributed by atoms with Gasteiger partial charge in [0.2, 0.25) is 0 Å². The molecular formula is C26H30F3N5O3. The predicted molar refractivity (Wildman–Crippen MR) is 132 cm³/mol. The molecule has 1 aromatic carbocycles. The van der Waals surface area contributed by atoms with E-state index in [1.165, 1.54) is 0 Å². The number of amides is 1. The summed E-state index contributed by atoms with van der Waals surface area (Å²) in [4.78, 5) is 22.3. The fourth-order valence-electron chi connectivity index (χ4n) is 5.39. The fraction of sp³-hybridized carbons (Fsp3) is 0.538. The van der Waals surface area contributed by atoms with E-state index in [9.17, 15) is 18.0 Å². The van der Waals surface area contributed by atoms with Crippen LogP contribution in [0.25, 0.3) is 0 Å². The van der Waals surface area contributed by atoms with Gasteiger partial charge in [0.1, 0.15) is 17.5 Å². The summed E-state index contributed by atoms with van der Waals surface area (Å²) in [6.45, 7) is 3.21. The lowest BCUT2D eigenvalue weighted by molar-refractivity contribution is -0.171. The number of hydrogen-bond donors (Lipinski definition) is 2. The molecule has 3 fully saturated rings. The number of carbonyl (C=O) groups is 1. The zero-order valence-electron chi connectivity index (χ0n) is 20.4. The smallest absolute Gasteiger partial charge is 0.378 e. The lowest BCUT2D eigenvalue weighted by atomic mass is 10.0. The van der Waals surface area contributed by atoms with Crippen LogP contribution in [0, 0.1) is 0 Å². The first-order chi connectivity index (χ1) is 17.8. The number of ether oxygens (including phenoxy) is 2. The highest BCUT2D eigenvalue weighted by Gasteiger charge is 2.63. The van der Waals surface area contributed by atoms with Gasteiger partial charge in [0, 0.05) is 36.6 Å². The number of benzene rings is 1. The minimum Gasteiger partial charge on any atom is -0.378 e. The lowest BCUT2D eigenvalue weighted by Crippen LogP contribution is -2.54. The summed E-state index contributed by atoms with van der Waals surface area (Å²) in [6, 6.07) is 9.32. The van der Waals surface area contributed by atoms with Gasteiger partial charge in [-0.25, -0.2) is 4.98 Å². The summed E-state index contributed by atoms with van der Waals surface area (Å²) >= 11 is 0. The molecule has 0 unspecified atom stereocenters. The van der Waals surface area contributed by atoms with Crippen LogP contribution in [0.3, 0.4) is 0 Å². The van der Waals surface area contributed by atoms with E-state index < -0.39 is 23.9 Å². The second-order valence-electron chi connectivity index (χ2n) is 10.2. The minimum atomic E-state index is -4.28. The van der Waals surface area contributed by atoms with Crippen LogP contribution in [0.2, 0.25) is 0 Å². The summed E-state index contributed by atoms with van der Waals surface area (Å²) in [5.74, 6) is 0.489. The van der Waals surface area contributed by atoms with Gasteiger partial charge in [-0.05, 0) is 49.9 Å². The molecule has 2 atom stereocenters. The highest BCUT2D eigenvalue weighted by atomic mass is 19.4. The Morgan fingerprint density at radius 1 is 1.16 bits per heavy atom. The number of carbonyl (C=O) groups excluding carboxylic acids is 1. The van der Waals surface area contributed by atoms with Crippen molar-refractivity contribution in [2.45, 2.75) is 56.1 Å². The molecular weight excluding hydrogens is 487 g/mol. The molecule has 0 bridgehead atoms. The van der Waals surface area contributed by atoms with Crippen LogP contribution < -0.4 is 20.4 Å². The molecule has 1 saturated carbocycles. The highest BCUT2D eigenvalue weighted by molar-refractivity contribution is 6.01. The zero-order chi connectivity index (χ0) is 25.6. The number of halogens is 3. The third-order valence-corrected chi connectivity index (χ3v) is 7.71. The van der Waals surface area contributed by atoms with Gasteiger partial charge in [-0.3, -0.25) is 10.1 Å². The van der Waals surface area contributed by atoms with E-state index in [1.807, 2.05) is 30.3 Å². The van der Waals surface area contributed by atoms with Gasteiger partial charge in [0.05, 0.1) is 37.7 Å². The summed E-state index contributed by atoms with van der Waals surface area (Å²) < 4.78 is 51.5. The van der Waals surface area contributed by atoms with E-state index in [-0.39, 0.29) is 25.4 Å². The van der Waals surface area contributed by atoms with Crippen LogP contribution >= 0.6 is 0 Å². The summed E-state index contributed by atoms with van der Waals surface area (Å²) in [5.41, 5.74) is 1.57. The van der Waals surface area contributed by atoms with E-state index in [4.69, 9.17) is 9.47 Å². The number of rotatable bonds is 4. The van der Waals surface area contributed by atoms with Crippen molar-refractivity contribution in [3.8, 4) is 0 Å². The number of nitrogens with zero attached hydrogens (tertiary/aromatic N) is 3. The van der Waals surface area contributed by atoms with Gasteiger partial charge >= 0.3 is 6.18 Å². The number of nitrogens with one attached hydrogen (secondary N) is 2. The average Bonchev–Trinajstić information content (AvgIpc) is 3.72. The summed E-state index contributed by atoms with van der Waals surface area (Å²) in [6.07, 6.45) is -2.32. The molecule has 1 aliphatic carbocycles. The largest absolute Gasteiger partial charge is 0.406 e. The van der Waals surface area contributed by atoms with Gasteiger partial charge in [-0.1, -0.05) is 6.07 Å². The molecule has 2 saturated heterocycles. The summed E-state index contributed by atoms with van der Waals surface area (Å²) in [5, 5.41) is 6.13. The Morgan fingerprint density at radius 3 is 2.68 bits per heavy atom. The quantitative estimate of drug-likeness (QED) is 0.640. The molecule has 1 amide bonds. The van der Waals surface area contributed by atoms with Crippen LogP contribution in [-0.2, 0) is 20.8 Å². The van der Waals surface area contributed by atoms with E-state index in [2.05, 4.69) is 20.5 Å². The van der Waals surface area contributed by atoms with Crippen molar-refractivity contribution in [2.75, 3.05) is 48.0 Å². The van der Waals surface area contributed by atoms with E-state index in [1.54, 1.807) is 11.1 Å². The van der Waals surface area contributed by atoms with Crippen molar-refractivity contribution < 1.29 is 27.4 Å². The third kappa shape index (κ3) is 4.75. The van der Waals surface area contributed by atoms with E-state index >= 15 is 0 Å². The van der Waals surface area contributed by atoms with Crippen LogP contribution in [-0.4, -0.2) is 67.7 Å². The second kappa shape index (κ2) is 9.45. The molecule has 4 heterocycles. The maximum atomic E-state index is 13.8. The van der Waals surface area contributed by atoms with Gasteiger partial charge in [-0.2, -0.15) is 13.2 Å². The topological polar surface area (TPSA) is 79.0 Å². The van der Waals surface area contributed by atoms with Gasteiger partial charge in [0.25, 0.3) is 5.91 Å². The number of aromatic nitrogens is 1. The number of hydrogen-bond acceptors (Lipinski definition) is 7. The van der Waals surface area contributed by atoms with Crippen LogP contribution in [0.1, 0.15) is 31.2 Å². The average molecular weight is 518 g/mol.